The van der Waals surface area contributed by atoms with Crippen LogP contribution in [0.5, 0.6) is 0 Å². The number of rotatable bonds is 3. The predicted octanol–water partition coefficient (Wildman–Crippen LogP) is -0.194. The highest BCUT2D eigenvalue weighted by atomic mass is 35.5. The van der Waals surface area contributed by atoms with Crippen molar-refractivity contribution in [2.24, 2.45) is 0 Å². The van der Waals surface area contributed by atoms with Crippen LogP contribution in [0.25, 0.3) is 0 Å². The van der Waals surface area contributed by atoms with Crippen molar-refractivity contribution >= 4 is 23.5 Å². The quantitative estimate of drug-likeness (QED) is 0.554. The summed E-state index contributed by atoms with van der Waals surface area (Å²) in [5.41, 5.74) is 0. The van der Waals surface area contributed by atoms with Crippen molar-refractivity contribution in [1.82, 2.24) is 0 Å². The van der Waals surface area contributed by atoms with Crippen LogP contribution in [0.2, 0.25) is 0 Å². The summed E-state index contributed by atoms with van der Waals surface area (Å²) >= 11 is 5.79. The van der Waals surface area contributed by atoms with Crippen molar-refractivity contribution in [3.05, 3.63) is 0 Å². The number of carbonyl (C=O) groups is 2. The molecule has 92 valence electrons. The van der Waals surface area contributed by atoms with E-state index in [1.54, 1.807) is 0 Å². The molecule has 1 rings (SSSR count). The largest absolute Gasteiger partial charge is 0.463 e. The summed E-state index contributed by atoms with van der Waals surface area (Å²) in [4.78, 5) is 21.4. The number of hydrogen-bond acceptors (Lipinski definition) is 6. The van der Waals surface area contributed by atoms with Gasteiger partial charge in [-0.2, -0.15) is 0 Å². The highest BCUT2D eigenvalue weighted by Crippen LogP contribution is 2.27. The Balaban J connectivity index is 2.59. The molecule has 1 saturated heterocycles. The SMILES string of the molecule is CC(=O)OC[C@H]1OC(O)[C@@H](Cl)[C@@H]1OC(C)=O. The molecule has 1 aliphatic heterocycles. The fraction of sp³-hybridized carbons (Fsp3) is 0.778. The van der Waals surface area contributed by atoms with Gasteiger partial charge in [-0.05, 0) is 0 Å². The molecule has 1 aliphatic rings. The summed E-state index contributed by atoms with van der Waals surface area (Å²) in [6, 6.07) is 0. The van der Waals surface area contributed by atoms with Crippen molar-refractivity contribution in [2.75, 3.05) is 6.61 Å². The first-order valence-electron chi connectivity index (χ1n) is 4.70. The Kier molecular flexibility index (Phi) is 4.52. The lowest BCUT2D eigenvalue weighted by Crippen LogP contribution is -2.36. The minimum atomic E-state index is -1.24. The number of carbonyl (C=O) groups excluding carboxylic acids is 2. The van der Waals surface area contributed by atoms with Gasteiger partial charge in [0.15, 0.2) is 12.4 Å². The second-order valence-corrected chi connectivity index (χ2v) is 3.89. The molecule has 0 aromatic carbocycles. The molecular weight excluding hydrogens is 240 g/mol. The third-order valence-corrected chi connectivity index (χ3v) is 2.48. The van der Waals surface area contributed by atoms with Crippen LogP contribution in [0.4, 0.5) is 0 Å². The van der Waals surface area contributed by atoms with Crippen molar-refractivity contribution in [3.63, 3.8) is 0 Å². The summed E-state index contributed by atoms with van der Waals surface area (Å²) < 4.78 is 14.6. The van der Waals surface area contributed by atoms with E-state index in [-0.39, 0.29) is 6.61 Å². The number of halogens is 1. The molecule has 0 bridgehead atoms. The topological polar surface area (TPSA) is 82.1 Å². The molecule has 1 fully saturated rings. The summed E-state index contributed by atoms with van der Waals surface area (Å²) in [5, 5.41) is 8.46. The van der Waals surface area contributed by atoms with E-state index in [0.717, 1.165) is 0 Å². The summed E-state index contributed by atoms with van der Waals surface area (Å²) in [6.45, 7) is 2.34. The molecule has 4 atom stereocenters. The van der Waals surface area contributed by atoms with Gasteiger partial charge in [0.2, 0.25) is 0 Å². The lowest BCUT2D eigenvalue weighted by molar-refractivity contribution is -0.159. The van der Waals surface area contributed by atoms with Crippen LogP contribution in [-0.4, -0.2) is 47.5 Å². The van der Waals surface area contributed by atoms with Crippen molar-refractivity contribution in [1.29, 1.82) is 0 Å². The zero-order valence-electron chi connectivity index (χ0n) is 8.88. The van der Waals surface area contributed by atoms with Gasteiger partial charge in [0.1, 0.15) is 18.1 Å². The number of alkyl halides is 1. The van der Waals surface area contributed by atoms with Gasteiger partial charge in [0, 0.05) is 13.8 Å². The van der Waals surface area contributed by atoms with E-state index in [2.05, 4.69) is 0 Å². The molecule has 1 unspecified atom stereocenters. The molecule has 0 aromatic heterocycles. The van der Waals surface area contributed by atoms with Gasteiger partial charge < -0.3 is 19.3 Å². The Morgan fingerprint density at radius 1 is 1.38 bits per heavy atom. The van der Waals surface area contributed by atoms with E-state index < -0.39 is 35.8 Å². The molecule has 16 heavy (non-hydrogen) atoms. The Morgan fingerprint density at radius 2 is 2.00 bits per heavy atom. The second-order valence-electron chi connectivity index (χ2n) is 3.39. The summed E-state index contributed by atoms with van der Waals surface area (Å²) in [6.07, 6.45) is -2.81. The Labute approximate surface area is 97.4 Å². The molecule has 0 aromatic rings. The number of ether oxygens (including phenoxy) is 3. The van der Waals surface area contributed by atoms with Crippen LogP contribution in [0.15, 0.2) is 0 Å². The smallest absolute Gasteiger partial charge is 0.303 e. The minimum Gasteiger partial charge on any atom is -0.463 e. The van der Waals surface area contributed by atoms with E-state index in [9.17, 15) is 14.7 Å². The molecular formula is C9H13ClO6. The van der Waals surface area contributed by atoms with Crippen LogP contribution in [-0.2, 0) is 23.8 Å². The molecule has 1 N–H and O–H groups in total. The standard InChI is InChI=1S/C9H13ClO6/c1-4(11)14-3-6-8(15-5(2)12)7(10)9(13)16-6/h6-9,13H,3H2,1-2H3/t6-,7+,8-,9?/m1/s1. The molecule has 1 heterocycles. The third kappa shape index (κ3) is 3.33. The molecule has 0 aliphatic carbocycles. The zero-order chi connectivity index (χ0) is 12.3. The van der Waals surface area contributed by atoms with Crippen LogP contribution in [0.1, 0.15) is 13.8 Å². The second kappa shape index (κ2) is 5.47. The van der Waals surface area contributed by atoms with Crippen molar-refractivity contribution in [3.8, 4) is 0 Å². The molecule has 0 amide bonds. The number of aliphatic hydroxyl groups excluding tert-OH is 1. The molecule has 6 nitrogen and oxygen atoms in total. The van der Waals surface area contributed by atoms with Crippen LogP contribution in [0, 0.1) is 0 Å². The normalized spacial score (nSPS) is 33.5. The summed E-state index contributed by atoms with van der Waals surface area (Å²) in [5.74, 6) is -1.03. The highest BCUT2D eigenvalue weighted by molar-refractivity contribution is 6.21. The molecule has 0 saturated carbocycles. The maximum atomic E-state index is 10.8. The Morgan fingerprint density at radius 3 is 2.50 bits per heavy atom. The van der Waals surface area contributed by atoms with Gasteiger partial charge in [-0.1, -0.05) is 0 Å². The predicted molar refractivity (Wildman–Crippen MR) is 52.7 cm³/mol. The average Bonchev–Trinajstić information content (AvgIpc) is 2.42. The average molecular weight is 253 g/mol. The summed E-state index contributed by atoms with van der Waals surface area (Å²) in [7, 11) is 0. The van der Waals surface area contributed by atoms with Crippen LogP contribution >= 0.6 is 11.6 Å². The van der Waals surface area contributed by atoms with E-state index >= 15 is 0 Å². The monoisotopic (exact) mass is 252 g/mol. The number of aliphatic hydroxyl groups is 1. The Bertz CT molecular complexity index is 281. The maximum absolute atomic E-state index is 10.8. The molecule has 7 heteroatoms. The van der Waals surface area contributed by atoms with E-state index in [4.69, 9.17) is 25.8 Å². The Hall–Kier alpha value is -0.850. The zero-order valence-corrected chi connectivity index (χ0v) is 9.64. The lowest BCUT2D eigenvalue weighted by atomic mass is 10.2. The fourth-order valence-electron chi connectivity index (χ4n) is 1.37. The third-order valence-electron chi connectivity index (χ3n) is 2.02. The number of hydrogen-bond donors (Lipinski definition) is 1. The van der Waals surface area contributed by atoms with Crippen LogP contribution in [0.3, 0.4) is 0 Å². The highest BCUT2D eigenvalue weighted by Gasteiger charge is 2.45. The first kappa shape index (κ1) is 13.2. The molecule has 0 radical (unpaired) electrons. The van der Waals surface area contributed by atoms with Gasteiger partial charge in [-0.15, -0.1) is 11.6 Å². The van der Waals surface area contributed by atoms with Crippen molar-refractivity contribution in [2.45, 2.75) is 37.7 Å². The minimum absolute atomic E-state index is 0.117. The fourth-order valence-corrected chi connectivity index (χ4v) is 1.64. The first-order valence-corrected chi connectivity index (χ1v) is 5.13. The number of esters is 2. The van der Waals surface area contributed by atoms with Gasteiger partial charge in [-0.3, -0.25) is 9.59 Å². The first-order chi connectivity index (χ1) is 7.41. The van der Waals surface area contributed by atoms with E-state index in [1.165, 1.54) is 13.8 Å². The van der Waals surface area contributed by atoms with Gasteiger partial charge >= 0.3 is 11.9 Å². The molecule has 0 spiro atoms. The lowest BCUT2D eigenvalue weighted by Gasteiger charge is -2.18. The van der Waals surface area contributed by atoms with E-state index in [1.807, 2.05) is 0 Å². The van der Waals surface area contributed by atoms with Crippen molar-refractivity contribution < 1.29 is 28.9 Å². The van der Waals surface area contributed by atoms with Gasteiger partial charge in [0.05, 0.1) is 0 Å². The van der Waals surface area contributed by atoms with E-state index in [0.29, 0.717) is 0 Å². The van der Waals surface area contributed by atoms with Crippen LogP contribution < -0.4 is 0 Å². The maximum Gasteiger partial charge on any atom is 0.303 e. The van der Waals surface area contributed by atoms with Gasteiger partial charge in [0.25, 0.3) is 0 Å². The van der Waals surface area contributed by atoms with Gasteiger partial charge in [-0.25, -0.2) is 0 Å².